The molecule has 0 unspecified atom stereocenters. The zero-order chi connectivity index (χ0) is 14.9. The van der Waals surface area contributed by atoms with Gasteiger partial charge in [-0.2, -0.15) is 5.10 Å². The van der Waals surface area contributed by atoms with E-state index in [2.05, 4.69) is 26.8 Å². The van der Waals surface area contributed by atoms with Crippen molar-refractivity contribution in [2.24, 2.45) is 0 Å². The van der Waals surface area contributed by atoms with E-state index in [-0.39, 0.29) is 5.91 Å². The Kier molecular flexibility index (Phi) is 3.67. The summed E-state index contributed by atoms with van der Waals surface area (Å²) < 4.78 is 1.93. The number of nitrogens with zero attached hydrogens (tertiary/aromatic N) is 4. The van der Waals surface area contributed by atoms with Crippen molar-refractivity contribution < 1.29 is 4.79 Å². The molecule has 1 N–H and O–H groups in total. The molecule has 2 aromatic rings. The average Bonchev–Trinajstić information content (AvgIpc) is 3.19. The van der Waals surface area contributed by atoms with Crippen LogP contribution >= 0.6 is 11.3 Å². The maximum absolute atomic E-state index is 12.4. The fraction of sp³-hybridized carbons (Fsp3) is 0.533. The highest BCUT2D eigenvalue weighted by Gasteiger charge is 2.24. The van der Waals surface area contributed by atoms with Crippen molar-refractivity contribution >= 4 is 17.2 Å². The van der Waals surface area contributed by atoms with Gasteiger partial charge >= 0.3 is 0 Å². The molecule has 2 aromatic heterocycles. The van der Waals surface area contributed by atoms with E-state index in [0.717, 1.165) is 44.7 Å². The Morgan fingerprint density at radius 2 is 2.41 bits per heavy atom. The molecule has 4 heterocycles. The molecule has 0 fully saturated rings. The molecule has 0 aliphatic carbocycles. The van der Waals surface area contributed by atoms with E-state index >= 15 is 0 Å². The van der Waals surface area contributed by atoms with E-state index in [1.54, 1.807) is 17.7 Å². The van der Waals surface area contributed by atoms with Crippen LogP contribution in [0.5, 0.6) is 0 Å². The van der Waals surface area contributed by atoms with Crippen LogP contribution in [0, 0.1) is 0 Å². The molecule has 2 aliphatic heterocycles. The van der Waals surface area contributed by atoms with Gasteiger partial charge in [0.1, 0.15) is 12.2 Å². The average molecular weight is 317 g/mol. The van der Waals surface area contributed by atoms with Crippen LogP contribution in [0.15, 0.2) is 17.8 Å². The Morgan fingerprint density at radius 3 is 3.36 bits per heavy atom. The van der Waals surface area contributed by atoms with Crippen molar-refractivity contribution in [2.75, 3.05) is 13.1 Å². The Labute approximate surface area is 133 Å². The zero-order valence-electron chi connectivity index (χ0n) is 12.4. The van der Waals surface area contributed by atoms with Crippen molar-refractivity contribution in [1.82, 2.24) is 25.0 Å². The smallest absolute Gasteiger partial charge is 0.236 e. The summed E-state index contributed by atoms with van der Waals surface area (Å²) in [5.74, 6) is 1.24. The number of rotatable bonds is 3. The van der Waals surface area contributed by atoms with Gasteiger partial charge < -0.3 is 10.2 Å². The number of carbonyl (C=O) groups is 1. The Balaban J connectivity index is 1.30. The van der Waals surface area contributed by atoms with Crippen LogP contribution in [-0.2, 0) is 30.7 Å². The van der Waals surface area contributed by atoms with Crippen LogP contribution in [0.4, 0.5) is 0 Å². The molecule has 116 valence electrons. The molecular formula is C15H19N5OS. The number of aryl methyl sites for hydroxylation is 1. The number of aromatic nitrogens is 3. The summed E-state index contributed by atoms with van der Waals surface area (Å²) in [6, 6.07) is 2.44. The second-order valence-electron chi connectivity index (χ2n) is 5.91. The van der Waals surface area contributed by atoms with E-state index in [1.165, 1.54) is 10.4 Å². The third-order valence-electron chi connectivity index (χ3n) is 4.51. The van der Waals surface area contributed by atoms with Gasteiger partial charge in [-0.05, 0) is 29.9 Å². The molecule has 0 radical (unpaired) electrons. The summed E-state index contributed by atoms with van der Waals surface area (Å²) in [4.78, 5) is 20.0. The first-order chi connectivity index (χ1) is 10.8. The molecule has 1 atom stereocenters. The van der Waals surface area contributed by atoms with E-state index in [9.17, 15) is 4.79 Å². The number of fused-ring (bicyclic) bond motifs is 2. The Morgan fingerprint density at radius 1 is 1.45 bits per heavy atom. The molecule has 22 heavy (non-hydrogen) atoms. The van der Waals surface area contributed by atoms with Crippen LogP contribution in [0.25, 0.3) is 0 Å². The minimum atomic E-state index is 0.196. The maximum atomic E-state index is 12.4. The van der Waals surface area contributed by atoms with Gasteiger partial charge in [0.05, 0.1) is 13.1 Å². The van der Waals surface area contributed by atoms with Crippen molar-refractivity contribution in [3.05, 3.63) is 34.0 Å². The number of carbonyl (C=O) groups excluding carboxylic acids is 1. The highest BCUT2D eigenvalue weighted by atomic mass is 32.1. The lowest BCUT2D eigenvalue weighted by atomic mass is 10.1. The molecule has 0 saturated carbocycles. The predicted molar refractivity (Wildman–Crippen MR) is 83.6 cm³/mol. The standard InChI is InChI=1S/C15H19N5OS/c21-15(19-5-3-13-11(8-19)4-6-22-13)7-16-12-1-2-14-17-10-18-20(14)9-12/h4,6,10,12,16H,1-3,5,7-9H2/t12-/m0/s1. The maximum Gasteiger partial charge on any atom is 0.236 e. The third kappa shape index (κ3) is 2.66. The number of nitrogens with one attached hydrogen (secondary N) is 1. The van der Waals surface area contributed by atoms with Crippen LogP contribution in [0.3, 0.4) is 0 Å². The summed E-state index contributed by atoms with van der Waals surface area (Å²) in [5, 5.41) is 9.72. The molecule has 2 aliphatic rings. The molecule has 0 spiro atoms. The lowest BCUT2D eigenvalue weighted by Crippen LogP contribution is -2.45. The van der Waals surface area contributed by atoms with E-state index < -0.39 is 0 Å². The van der Waals surface area contributed by atoms with Crippen molar-refractivity contribution in [2.45, 2.75) is 38.4 Å². The Bertz CT molecular complexity index is 679. The number of thiophene rings is 1. The van der Waals surface area contributed by atoms with Crippen LogP contribution < -0.4 is 5.32 Å². The zero-order valence-corrected chi connectivity index (χ0v) is 13.2. The molecular weight excluding hydrogens is 298 g/mol. The summed E-state index contributed by atoms with van der Waals surface area (Å²) in [5.41, 5.74) is 1.31. The lowest BCUT2D eigenvalue weighted by molar-refractivity contribution is -0.131. The summed E-state index contributed by atoms with van der Waals surface area (Å²) in [6.45, 7) is 2.81. The second-order valence-corrected chi connectivity index (χ2v) is 6.91. The third-order valence-corrected chi connectivity index (χ3v) is 5.53. The molecule has 1 amide bonds. The quantitative estimate of drug-likeness (QED) is 0.911. The molecule has 6 nitrogen and oxygen atoms in total. The predicted octanol–water partition coefficient (Wildman–Crippen LogP) is 0.829. The number of hydrogen-bond donors (Lipinski definition) is 1. The van der Waals surface area contributed by atoms with Crippen molar-refractivity contribution in [3.63, 3.8) is 0 Å². The van der Waals surface area contributed by atoms with Crippen molar-refractivity contribution in [3.8, 4) is 0 Å². The molecule has 4 rings (SSSR count). The molecule has 7 heteroatoms. The first kappa shape index (κ1) is 13.9. The normalized spacial score (nSPS) is 20.5. The molecule has 0 bridgehead atoms. The van der Waals surface area contributed by atoms with Gasteiger partial charge in [0, 0.05) is 30.4 Å². The van der Waals surface area contributed by atoms with E-state index in [1.807, 2.05) is 9.58 Å². The summed E-state index contributed by atoms with van der Waals surface area (Å²) >= 11 is 1.80. The van der Waals surface area contributed by atoms with Gasteiger partial charge in [-0.25, -0.2) is 9.67 Å². The molecule has 0 saturated heterocycles. The van der Waals surface area contributed by atoms with E-state index in [0.29, 0.717) is 12.6 Å². The minimum Gasteiger partial charge on any atom is -0.337 e. The summed E-state index contributed by atoms with van der Waals surface area (Å²) in [7, 11) is 0. The van der Waals surface area contributed by atoms with Crippen molar-refractivity contribution in [1.29, 1.82) is 0 Å². The first-order valence-corrected chi connectivity index (χ1v) is 8.60. The van der Waals surface area contributed by atoms with Gasteiger partial charge in [-0.3, -0.25) is 4.79 Å². The largest absolute Gasteiger partial charge is 0.337 e. The first-order valence-electron chi connectivity index (χ1n) is 7.72. The monoisotopic (exact) mass is 317 g/mol. The lowest BCUT2D eigenvalue weighted by Gasteiger charge is -2.29. The topological polar surface area (TPSA) is 63.1 Å². The SMILES string of the molecule is O=C(CN[C@H]1CCc2ncnn2C1)N1CCc2sccc2C1. The highest BCUT2D eigenvalue weighted by molar-refractivity contribution is 7.10. The fourth-order valence-corrected chi connectivity index (χ4v) is 4.10. The number of amides is 1. The van der Waals surface area contributed by atoms with Gasteiger partial charge in [-0.15, -0.1) is 11.3 Å². The van der Waals surface area contributed by atoms with E-state index in [4.69, 9.17) is 0 Å². The summed E-state index contributed by atoms with van der Waals surface area (Å²) in [6.07, 6.45) is 4.54. The number of hydrogen-bond acceptors (Lipinski definition) is 5. The van der Waals surface area contributed by atoms with Gasteiger partial charge in [0.25, 0.3) is 0 Å². The Hall–Kier alpha value is -1.73. The fourth-order valence-electron chi connectivity index (χ4n) is 3.21. The van der Waals surface area contributed by atoms with Crippen LogP contribution in [-0.4, -0.2) is 44.7 Å². The minimum absolute atomic E-state index is 0.196. The van der Waals surface area contributed by atoms with Gasteiger partial charge in [0.2, 0.25) is 5.91 Å². The van der Waals surface area contributed by atoms with Crippen LogP contribution in [0.2, 0.25) is 0 Å². The molecule has 0 aromatic carbocycles. The second kappa shape index (κ2) is 5.81. The van der Waals surface area contributed by atoms with Gasteiger partial charge in [-0.1, -0.05) is 0 Å². The van der Waals surface area contributed by atoms with Crippen LogP contribution in [0.1, 0.15) is 22.7 Å². The van der Waals surface area contributed by atoms with Gasteiger partial charge in [0.15, 0.2) is 0 Å². The highest BCUT2D eigenvalue weighted by Crippen LogP contribution is 2.23.